The summed E-state index contributed by atoms with van der Waals surface area (Å²) in [5.74, 6) is 2.32. The maximum Gasteiger partial charge on any atom is 0.271 e. The topological polar surface area (TPSA) is 72.2 Å². The van der Waals surface area contributed by atoms with E-state index in [-0.39, 0.29) is 5.91 Å². The molecule has 148 valence electrons. The number of hydrogen-bond donors (Lipinski definition) is 1. The quantitative estimate of drug-likeness (QED) is 0.607. The minimum Gasteiger partial charge on any atom is -0.312 e. The van der Waals surface area contributed by atoms with Crippen LogP contribution >= 0.6 is 11.8 Å². The first-order valence-corrected chi connectivity index (χ1v) is 11.1. The van der Waals surface area contributed by atoms with E-state index in [2.05, 4.69) is 20.7 Å². The van der Waals surface area contributed by atoms with Crippen LogP contribution in [0.1, 0.15) is 60.9 Å². The average molecular weight is 398 g/mol. The summed E-state index contributed by atoms with van der Waals surface area (Å²) in [5.41, 5.74) is 5.71. The van der Waals surface area contributed by atoms with E-state index in [4.69, 9.17) is 0 Å². The van der Waals surface area contributed by atoms with Gasteiger partial charge in [-0.3, -0.25) is 4.79 Å². The second-order valence-electron chi connectivity index (χ2n) is 7.88. The molecule has 1 heterocycles. The Morgan fingerprint density at radius 2 is 2.00 bits per heavy atom. The molecular weight excluding hydrogens is 370 g/mol. The lowest BCUT2D eigenvalue weighted by Crippen LogP contribution is -2.29. The molecule has 6 nitrogen and oxygen atoms in total. The molecule has 0 aliphatic heterocycles. The van der Waals surface area contributed by atoms with E-state index < -0.39 is 0 Å². The van der Waals surface area contributed by atoms with Crippen molar-refractivity contribution in [2.45, 2.75) is 55.9 Å². The van der Waals surface area contributed by atoms with Crippen LogP contribution in [0, 0.1) is 11.8 Å². The first-order chi connectivity index (χ1) is 13.7. The Morgan fingerprint density at radius 1 is 1.21 bits per heavy atom. The van der Waals surface area contributed by atoms with E-state index >= 15 is 0 Å². The maximum atomic E-state index is 12.4. The Bertz CT molecular complexity index is 845. The molecule has 1 aromatic heterocycles. The summed E-state index contributed by atoms with van der Waals surface area (Å²) in [6.45, 7) is 0. The van der Waals surface area contributed by atoms with Crippen LogP contribution in [-0.2, 0) is 12.8 Å². The summed E-state index contributed by atoms with van der Waals surface area (Å²) in [7, 11) is 1.93. The fourth-order valence-corrected chi connectivity index (χ4v) is 5.13. The van der Waals surface area contributed by atoms with E-state index in [9.17, 15) is 4.79 Å². The monoisotopic (exact) mass is 397 g/mol. The second-order valence-corrected chi connectivity index (χ2v) is 8.82. The Morgan fingerprint density at radius 3 is 2.75 bits per heavy atom. The van der Waals surface area contributed by atoms with Crippen molar-refractivity contribution in [2.24, 2.45) is 24.0 Å². The van der Waals surface area contributed by atoms with Crippen molar-refractivity contribution in [3.63, 3.8) is 0 Å². The summed E-state index contributed by atoms with van der Waals surface area (Å²) < 4.78 is 1.90. The third-order valence-electron chi connectivity index (χ3n) is 5.94. The molecule has 1 aromatic carbocycles. The van der Waals surface area contributed by atoms with Gasteiger partial charge >= 0.3 is 0 Å². The zero-order valence-electron chi connectivity index (χ0n) is 16.3. The van der Waals surface area contributed by atoms with E-state index in [0.717, 1.165) is 46.9 Å². The summed E-state index contributed by atoms with van der Waals surface area (Å²) in [6, 6.07) is 7.69. The van der Waals surface area contributed by atoms with Crippen LogP contribution in [0.15, 0.2) is 40.9 Å². The van der Waals surface area contributed by atoms with Crippen LogP contribution in [0.3, 0.4) is 0 Å². The SMILES string of the molecule is Cn1cnnc1SCc1ccc(C(=O)N/N=C2/CC[C@H]3CCCC[C@H]3C2)cc1. The average Bonchev–Trinajstić information content (AvgIpc) is 3.15. The van der Waals surface area contributed by atoms with Crippen molar-refractivity contribution in [1.29, 1.82) is 0 Å². The van der Waals surface area contributed by atoms with E-state index in [1.165, 1.54) is 32.1 Å². The van der Waals surface area contributed by atoms with Crippen molar-refractivity contribution < 1.29 is 4.79 Å². The van der Waals surface area contributed by atoms with Gasteiger partial charge in [-0.15, -0.1) is 10.2 Å². The molecule has 4 rings (SSSR count). The van der Waals surface area contributed by atoms with Crippen molar-refractivity contribution in [3.05, 3.63) is 41.7 Å². The number of aromatic nitrogens is 3. The van der Waals surface area contributed by atoms with Gasteiger partial charge in [0.25, 0.3) is 5.91 Å². The van der Waals surface area contributed by atoms with Crippen molar-refractivity contribution in [1.82, 2.24) is 20.2 Å². The normalized spacial score (nSPS) is 23.4. The van der Waals surface area contributed by atoms with Gasteiger partial charge in [-0.25, -0.2) is 5.43 Å². The molecule has 7 heteroatoms. The summed E-state index contributed by atoms with van der Waals surface area (Å²) in [6.07, 6.45) is 10.5. The molecule has 0 saturated heterocycles. The van der Waals surface area contributed by atoms with Gasteiger partial charge in [0.15, 0.2) is 5.16 Å². The van der Waals surface area contributed by atoms with Crippen molar-refractivity contribution in [2.75, 3.05) is 0 Å². The molecule has 2 aliphatic carbocycles. The minimum atomic E-state index is -0.134. The van der Waals surface area contributed by atoms with Gasteiger partial charge < -0.3 is 4.57 Å². The zero-order valence-corrected chi connectivity index (χ0v) is 17.1. The number of benzene rings is 1. The number of hydrogen-bond acceptors (Lipinski definition) is 5. The van der Waals surface area contributed by atoms with E-state index in [0.29, 0.717) is 5.56 Å². The number of carbonyl (C=O) groups excluding carboxylic acids is 1. The molecule has 0 radical (unpaired) electrons. The summed E-state index contributed by atoms with van der Waals surface area (Å²) >= 11 is 1.63. The molecule has 0 bridgehead atoms. The highest BCUT2D eigenvalue weighted by molar-refractivity contribution is 7.98. The van der Waals surface area contributed by atoms with Gasteiger partial charge in [0.2, 0.25) is 0 Å². The van der Waals surface area contributed by atoms with Crippen molar-refractivity contribution >= 4 is 23.4 Å². The first kappa shape index (κ1) is 19.2. The fourth-order valence-electron chi connectivity index (χ4n) is 4.29. The second kappa shape index (κ2) is 8.90. The Balaban J connectivity index is 1.29. The summed E-state index contributed by atoms with van der Waals surface area (Å²) in [5, 5.41) is 13.3. The Hall–Kier alpha value is -2.15. The van der Waals surface area contributed by atoms with E-state index in [1.807, 2.05) is 35.9 Å². The molecule has 2 saturated carbocycles. The number of rotatable bonds is 5. The predicted octanol–water partition coefficient (Wildman–Crippen LogP) is 4.18. The molecule has 2 aliphatic rings. The highest BCUT2D eigenvalue weighted by Crippen LogP contribution is 2.39. The molecule has 1 amide bonds. The van der Waals surface area contributed by atoms with Crippen LogP contribution in [0.4, 0.5) is 0 Å². The number of thioether (sulfide) groups is 1. The van der Waals surface area contributed by atoms with Crippen LogP contribution < -0.4 is 5.43 Å². The minimum absolute atomic E-state index is 0.134. The lowest BCUT2D eigenvalue weighted by atomic mass is 9.70. The van der Waals surface area contributed by atoms with Crippen LogP contribution in [-0.4, -0.2) is 26.4 Å². The number of hydrazone groups is 1. The molecule has 2 atom stereocenters. The zero-order chi connectivity index (χ0) is 19.3. The Labute approximate surface area is 170 Å². The standard InChI is InChI=1S/C21H27N5OS/c1-26-14-22-25-21(26)28-13-15-6-8-17(9-7-15)20(27)24-23-19-11-10-16-4-2-3-5-18(16)12-19/h6-9,14,16,18H,2-5,10-13H2,1H3,(H,24,27)/b23-19-/t16-,18+/m1/s1. The number of nitrogens with one attached hydrogen (secondary N) is 1. The smallest absolute Gasteiger partial charge is 0.271 e. The molecule has 1 N–H and O–H groups in total. The molecule has 0 spiro atoms. The number of fused-ring (bicyclic) bond motifs is 1. The van der Waals surface area contributed by atoms with Gasteiger partial charge in [0, 0.05) is 24.1 Å². The molecule has 2 fully saturated rings. The highest BCUT2D eigenvalue weighted by Gasteiger charge is 2.30. The van der Waals surface area contributed by atoms with Crippen LogP contribution in [0.25, 0.3) is 0 Å². The fraction of sp³-hybridized carbons (Fsp3) is 0.524. The maximum absolute atomic E-state index is 12.4. The lowest BCUT2D eigenvalue weighted by molar-refractivity contribution is 0.0954. The molecular formula is C21H27N5OS. The third-order valence-corrected chi connectivity index (χ3v) is 7.04. The van der Waals surface area contributed by atoms with E-state index in [1.54, 1.807) is 18.1 Å². The largest absolute Gasteiger partial charge is 0.312 e. The van der Waals surface area contributed by atoms with Gasteiger partial charge in [-0.2, -0.15) is 5.10 Å². The summed E-state index contributed by atoms with van der Waals surface area (Å²) in [4.78, 5) is 12.4. The molecule has 2 aromatic rings. The number of aryl methyl sites for hydroxylation is 1. The molecule has 0 unspecified atom stereocenters. The highest BCUT2D eigenvalue weighted by atomic mass is 32.2. The van der Waals surface area contributed by atoms with Gasteiger partial charge in [0.05, 0.1) is 0 Å². The Kier molecular flexibility index (Phi) is 6.10. The number of amides is 1. The number of nitrogens with zero attached hydrogens (tertiary/aromatic N) is 4. The first-order valence-electron chi connectivity index (χ1n) is 10.1. The number of carbonyl (C=O) groups is 1. The predicted molar refractivity (Wildman–Crippen MR) is 111 cm³/mol. The van der Waals surface area contributed by atoms with Gasteiger partial charge in [-0.1, -0.05) is 43.2 Å². The van der Waals surface area contributed by atoms with Gasteiger partial charge in [-0.05, 0) is 55.2 Å². The van der Waals surface area contributed by atoms with Crippen LogP contribution in [0.2, 0.25) is 0 Å². The van der Waals surface area contributed by atoms with Gasteiger partial charge in [0.1, 0.15) is 6.33 Å². The third kappa shape index (κ3) is 4.63. The van der Waals surface area contributed by atoms with Crippen molar-refractivity contribution in [3.8, 4) is 0 Å². The molecule has 28 heavy (non-hydrogen) atoms. The van der Waals surface area contributed by atoms with Crippen LogP contribution in [0.5, 0.6) is 0 Å². The lowest BCUT2D eigenvalue weighted by Gasteiger charge is -2.35.